The summed E-state index contributed by atoms with van der Waals surface area (Å²) in [5.74, 6) is 0.761. The first-order valence-electron chi connectivity index (χ1n) is 5.92. The molecule has 1 heterocycles. The predicted octanol–water partition coefficient (Wildman–Crippen LogP) is 2.65. The minimum atomic E-state index is -0.0000406. The molecule has 0 saturated carbocycles. The van der Waals surface area contributed by atoms with Crippen molar-refractivity contribution in [3.63, 3.8) is 0 Å². The zero-order valence-corrected chi connectivity index (χ0v) is 10.3. The van der Waals surface area contributed by atoms with Crippen molar-refractivity contribution in [1.29, 1.82) is 0 Å². The molecule has 0 fully saturated rings. The number of nitrogens with zero attached hydrogens (tertiary/aromatic N) is 1. The highest BCUT2D eigenvalue weighted by Crippen LogP contribution is 2.21. The first-order chi connectivity index (χ1) is 8.20. The summed E-state index contributed by atoms with van der Waals surface area (Å²) in [6.07, 6.45) is 2.53. The van der Waals surface area contributed by atoms with E-state index in [0.29, 0.717) is 13.2 Å². The van der Waals surface area contributed by atoms with Gasteiger partial charge in [0.1, 0.15) is 5.76 Å². The van der Waals surface area contributed by atoms with Gasteiger partial charge in [0, 0.05) is 11.8 Å². The van der Waals surface area contributed by atoms with Gasteiger partial charge in [-0.05, 0) is 25.5 Å². The predicted molar refractivity (Wildman–Crippen MR) is 67.9 cm³/mol. The second kappa shape index (κ2) is 5.04. The molecule has 1 aliphatic heterocycles. The highest BCUT2D eigenvalue weighted by molar-refractivity contribution is 6.04. The Balaban J connectivity index is 2.06. The Bertz CT molecular complexity index is 434. The van der Waals surface area contributed by atoms with Gasteiger partial charge >= 0.3 is 0 Å². The molecule has 1 aromatic carbocycles. The van der Waals surface area contributed by atoms with E-state index in [-0.39, 0.29) is 5.91 Å². The van der Waals surface area contributed by atoms with Crippen molar-refractivity contribution in [1.82, 2.24) is 0 Å². The Kier molecular flexibility index (Phi) is 3.47. The van der Waals surface area contributed by atoms with Crippen molar-refractivity contribution in [2.45, 2.75) is 20.3 Å². The van der Waals surface area contributed by atoms with Crippen LogP contribution in [0.5, 0.6) is 0 Å². The van der Waals surface area contributed by atoms with Gasteiger partial charge in [-0.15, -0.1) is 0 Å². The van der Waals surface area contributed by atoms with Gasteiger partial charge in [0.15, 0.2) is 0 Å². The van der Waals surface area contributed by atoms with E-state index in [1.165, 1.54) is 5.56 Å². The Morgan fingerprint density at radius 2 is 2.00 bits per heavy atom. The summed E-state index contributed by atoms with van der Waals surface area (Å²) in [5, 5.41) is 0. The summed E-state index contributed by atoms with van der Waals surface area (Å²) >= 11 is 0. The van der Waals surface area contributed by atoms with Crippen LogP contribution in [0.2, 0.25) is 0 Å². The molecular formula is C14H17NO2. The van der Waals surface area contributed by atoms with Crippen LogP contribution in [0.3, 0.4) is 0 Å². The van der Waals surface area contributed by atoms with Gasteiger partial charge in [-0.3, -0.25) is 4.79 Å². The Hall–Kier alpha value is -1.77. The maximum Gasteiger partial charge on any atom is 0.254 e. The Morgan fingerprint density at radius 3 is 2.65 bits per heavy atom. The normalized spacial score (nSPS) is 15.1. The summed E-state index contributed by atoms with van der Waals surface area (Å²) < 4.78 is 5.50. The highest BCUT2D eigenvalue weighted by Gasteiger charge is 2.23. The fourth-order valence-corrected chi connectivity index (χ4v) is 1.76. The van der Waals surface area contributed by atoms with Crippen LogP contribution in [0.4, 0.5) is 5.69 Å². The fraction of sp³-hybridized carbons (Fsp3) is 0.357. The summed E-state index contributed by atoms with van der Waals surface area (Å²) in [7, 11) is 0. The van der Waals surface area contributed by atoms with Crippen LogP contribution in [0.1, 0.15) is 18.9 Å². The molecular weight excluding hydrogens is 214 g/mol. The number of amides is 1. The number of carbonyl (C=O) groups excluding carboxylic acids is 1. The topological polar surface area (TPSA) is 29.5 Å². The van der Waals surface area contributed by atoms with Crippen molar-refractivity contribution in [2.75, 3.05) is 18.1 Å². The number of carbonyl (C=O) groups is 1. The molecule has 0 atom stereocenters. The molecule has 0 aromatic heterocycles. The van der Waals surface area contributed by atoms with Crippen LogP contribution in [0, 0.1) is 6.92 Å². The highest BCUT2D eigenvalue weighted by atomic mass is 16.5. The van der Waals surface area contributed by atoms with Crippen molar-refractivity contribution in [2.24, 2.45) is 0 Å². The van der Waals surface area contributed by atoms with E-state index in [2.05, 4.69) is 6.92 Å². The third-order valence-electron chi connectivity index (χ3n) is 2.70. The quantitative estimate of drug-likeness (QED) is 0.797. The number of anilines is 1. The first-order valence-corrected chi connectivity index (χ1v) is 5.92. The Labute approximate surface area is 102 Å². The zero-order chi connectivity index (χ0) is 12.3. The van der Waals surface area contributed by atoms with Crippen molar-refractivity contribution in [3.05, 3.63) is 41.7 Å². The lowest BCUT2D eigenvalue weighted by molar-refractivity contribution is -0.113. The molecule has 0 spiro atoms. The monoisotopic (exact) mass is 231 g/mol. The number of ether oxygens (including phenoxy) is 1. The molecule has 0 N–H and O–H groups in total. The first kappa shape index (κ1) is 11.7. The maximum absolute atomic E-state index is 11.8. The molecule has 17 heavy (non-hydrogen) atoms. The average Bonchev–Trinajstić information content (AvgIpc) is 2.69. The van der Waals surface area contributed by atoms with Crippen molar-refractivity contribution < 1.29 is 9.53 Å². The van der Waals surface area contributed by atoms with Crippen LogP contribution in [0.25, 0.3) is 0 Å². The van der Waals surface area contributed by atoms with Crippen molar-refractivity contribution in [3.8, 4) is 0 Å². The van der Waals surface area contributed by atoms with Crippen LogP contribution in [-0.2, 0) is 9.53 Å². The molecule has 0 bridgehead atoms. The second-order valence-electron chi connectivity index (χ2n) is 4.22. The van der Waals surface area contributed by atoms with E-state index in [9.17, 15) is 4.79 Å². The molecule has 0 saturated heterocycles. The number of rotatable bonds is 4. The molecule has 0 radical (unpaired) electrons. The molecule has 3 nitrogen and oxygen atoms in total. The largest absolute Gasteiger partial charge is 0.496 e. The summed E-state index contributed by atoms with van der Waals surface area (Å²) in [4.78, 5) is 13.5. The molecule has 3 heteroatoms. The average molecular weight is 231 g/mol. The molecule has 90 valence electrons. The summed E-state index contributed by atoms with van der Waals surface area (Å²) in [6.45, 7) is 5.29. The van der Waals surface area contributed by atoms with Gasteiger partial charge in [0.25, 0.3) is 5.91 Å². The van der Waals surface area contributed by atoms with E-state index in [1.54, 1.807) is 11.0 Å². The van der Waals surface area contributed by atoms with E-state index in [0.717, 1.165) is 17.9 Å². The number of aryl methyl sites for hydroxylation is 1. The molecule has 2 rings (SSSR count). The Morgan fingerprint density at radius 1 is 1.29 bits per heavy atom. The smallest absolute Gasteiger partial charge is 0.254 e. The number of hydrogen-bond donors (Lipinski definition) is 0. The molecule has 0 aliphatic carbocycles. The van der Waals surface area contributed by atoms with Crippen LogP contribution < -0.4 is 4.90 Å². The van der Waals surface area contributed by atoms with Gasteiger partial charge < -0.3 is 9.64 Å². The SMILES string of the molecule is CCCOC1=CC(=O)N(c2ccc(C)cc2)C1. The van der Waals surface area contributed by atoms with Crippen LogP contribution >= 0.6 is 0 Å². The standard InChI is InChI=1S/C14H17NO2/c1-3-8-17-13-9-14(16)15(10-13)12-6-4-11(2)5-7-12/h4-7,9H,3,8,10H2,1-2H3. The minimum absolute atomic E-state index is 0.0000406. The fourth-order valence-electron chi connectivity index (χ4n) is 1.76. The summed E-state index contributed by atoms with van der Waals surface area (Å²) in [6, 6.07) is 7.94. The maximum atomic E-state index is 11.8. The van der Waals surface area contributed by atoms with Gasteiger partial charge in [-0.25, -0.2) is 0 Å². The van der Waals surface area contributed by atoms with Gasteiger partial charge in [-0.2, -0.15) is 0 Å². The van der Waals surface area contributed by atoms with Gasteiger partial charge in [0.05, 0.1) is 13.2 Å². The van der Waals surface area contributed by atoms with Gasteiger partial charge in [-0.1, -0.05) is 24.6 Å². The number of hydrogen-bond acceptors (Lipinski definition) is 2. The van der Waals surface area contributed by atoms with E-state index in [1.807, 2.05) is 31.2 Å². The van der Waals surface area contributed by atoms with E-state index < -0.39 is 0 Å². The van der Waals surface area contributed by atoms with Crippen LogP contribution in [-0.4, -0.2) is 19.1 Å². The van der Waals surface area contributed by atoms with Gasteiger partial charge in [0.2, 0.25) is 0 Å². The third kappa shape index (κ3) is 2.67. The van der Waals surface area contributed by atoms with Crippen LogP contribution in [0.15, 0.2) is 36.1 Å². The minimum Gasteiger partial charge on any atom is -0.496 e. The van der Waals surface area contributed by atoms with E-state index in [4.69, 9.17) is 4.74 Å². The molecule has 1 aliphatic rings. The molecule has 0 unspecified atom stereocenters. The lowest BCUT2D eigenvalue weighted by Gasteiger charge is -2.16. The second-order valence-corrected chi connectivity index (χ2v) is 4.22. The van der Waals surface area contributed by atoms with E-state index >= 15 is 0 Å². The third-order valence-corrected chi connectivity index (χ3v) is 2.70. The lowest BCUT2D eigenvalue weighted by atomic mass is 10.2. The number of benzene rings is 1. The lowest BCUT2D eigenvalue weighted by Crippen LogP contribution is -2.25. The van der Waals surface area contributed by atoms with Crippen molar-refractivity contribution >= 4 is 11.6 Å². The molecule has 1 amide bonds. The summed E-state index contributed by atoms with van der Waals surface area (Å²) in [5.41, 5.74) is 2.11. The molecule has 1 aromatic rings. The zero-order valence-electron chi connectivity index (χ0n) is 10.3.